The molecule has 1 unspecified atom stereocenters. The molecule has 2 heterocycles. The van der Waals surface area contributed by atoms with Crippen LogP contribution in [-0.4, -0.2) is 27.7 Å². The highest BCUT2D eigenvalue weighted by Gasteiger charge is 2.22. The molecule has 5 rings (SSSR count). The van der Waals surface area contributed by atoms with Crippen molar-refractivity contribution >= 4 is 44.4 Å². The molecule has 0 fully saturated rings. The smallest absolute Gasteiger partial charge is 0.239 e. The number of pyridine rings is 1. The highest BCUT2D eigenvalue weighted by Crippen LogP contribution is 2.36. The molecule has 3 aromatic carbocycles. The number of aromatic nitrogens is 2. The highest BCUT2D eigenvalue weighted by molar-refractivity contribution is 8.00. The van der Waals surface area contributed by atoms with Gasteiger partial charge in [0.2, 0.25) is 5.91 Å². The maximum absolute atomic E-state index is 13.2. The number of carbonyl (C=O) groups excluding carboxylic acids is 1. The Morgan fingerprint density at radius 1 is 1.05 bits per heavy atom. The van der Waals surface area contributed by atoms with Gasteiger partial charge in [0.05, 0.1) is 33.3 Å². The fraction of sp³-hybridized carbons (Fsp3) is 0.161. The molecule has 0 aliphatic heterocycles. The van der Waals surface area contributed by atoms with Crippen molar-refractivity contribution in [1.29, 1.82) is 5.26 Å². The molecule has 194 valence electrons. The molecular formula is C31H26N4O2S2. The number of nitriles is 1. The van der Waals surface area contributed by atoms with Crippen LogP contribution >= 0.6 is 23.1 Å². The van der Waals surface area contributed by atoms with Crippen LogP contribution < -0.4 is 10.1 Å². The van der Waals surface area contributed by atoms with Crippen molar-refractivity contribution in [3.05, 3.63) is 90.0 Å². The molecule has 6 nitrogen and oxygen atoms in total. The first-order valence-electron chi connectivity index (χ1n) is 12.5. The Labute approximate surface area is 235 Å². The topological polar surface area (TPSA) is 87.9 Å². The molecule has 1 atom stereocenters. The van der Waals surface area contributed by atoms with Gasteiger partial charge in [-0.05, 0) is 50.6 Å². The lowest BCUT2D eigenvalue weighted by Crippen LogP contribution is -2.22. The molecule has 0 bridgehead atoms. The number of hydrogen-bond donors (Lipinski definition) is 1. The number of benzene rings is 3. The first-order chi connectivity index (χ1) is 18.9. The monoisotopic (exact) mass is 550 g/mol. The van der Waals surface area contributed by atoms with E-state index in [0.29, 0.717) is 22.3 Å². The van der Waals surface area contributed by atoms with E-state index in [1.54, 1.807) is 0 Å². The lowest BCUT2D eigenvalue weighted by Gasteiger charge is -2.15. The first kappa shape index (κ1) is 26.4. The van der Waals surface area contributed by atoms with Crippen molar-refractivity contribution in [2.75, 3.05) is 11.9 Å². The lowest BCUT2D eigenvalue weighted by atomic mass is 9.98. The molecule has 2 aromatic heterocycles. The van der Waals surface area contributed by atoms with Gasteiger partial charge in [-0.2, -0.15) is 5.26 Å². The van der Waals surface area contributed by atoms with Gasteiger partial charge in [-0.3, -0.25) is 4.79 Å². The number of thioether (sulfide) groups is 1. The van der Waals surface area contributed by atoms with Crippen LogP contribution in [0.5, 0.6) is 5.75 Å². The summed E-state index contributed by atoms with van der Waals surface area (Å²) in [5.74, 6) is 0.560. The third kappa shape index (κ3) is 5.95. The average molecular weight is 551 g/mol. The number of anilines is 1. The van der Waals surface area contributed by atoms with Crippen molar-refractivity contribution in [2.24, 2.45) is 0 Å². The molecule has 39 heavy (non-hydrogen) atoms. The van der Waals surface area contributed by atoms with E-state index in [1.807, 2.05) is 99.6 Å². The molecule has 0 saturated carbocycles. The zero-order valence-corrected chi connectivity index (χ0v) is 23.4. The SMILES string of the molecule is CCOc1ccc2nc(NC(=O)C(C)Sc3nc(-c4ccccc4)cc(-c4ccc(C)cc4)c3C#N)sc2c1. The molecule has 0 aliphatic rings. The van der Waals surface area contributed by atoms with E-state index in [4.69, 9.17) is 9.72 Å². The van der Waals surface area contributed by atoms with Crippen LogP contribution in [0, 0.1) is 18.3 Å². The third-order valence-corrected chi connectivity index (χ3v) is 8.11. The van der Waals surface area contributed by atoms with E-state index in [0.717, 1.165) is 43.9 Å². The van der Waals surface area contributed by atoms with Gasteiger partial charge in [0.15, 0.2) is 5.13 Å². The summed E-state index contributed by atoms with van der Waals surface area (Å²) in [7, 11) is 0. The Kier molecular flexibility index (Phi) is 7.92. The van der Waals surface area contributed by atoms with Crippen LogP contribution in [0.3, 0.4) is 0 Å². The highest BCUT2D eigenvalue weighted by atomic mass is 32.2. The quantitative estimate of drug-likeness (QED) is 0.199. The van der Waals surface area contributed by atoms with Crippen molar-refractivity contribution in [1.82, 2.24) is 9.97 Å². The van der Waals surface area contributed by atoms with Gasteiger partial charge in [-0.1, -0.05) is 83.3 Å². The van der Waals surface area contributed by atoms with E-state index in [1.165, 1.54) is 23.1 Å². The summed E-state index contributed by atoms with van der Waals surface area (Å²) in [5, 5.41) is 13.6. The normalized spacial score (nSPS) is 11.6. The maximum atomic E-state index is 13.2. The molecule has 1 amide bonds. The predicted molar refractivity (Wildman–Crippen MR) is 159 cm³/mol. The van der Waals surface area contributed by atoms with Gasteiger partial charge >= 0.3 is 0 Å². The molecule has 1 N–H and O–H groups in total. The number of amides is 1. The molecular weight excluding hydrogens is 525 g/mol. The maximum Gasteiger partial charge on any atom is 0.239 e. The Morgan fingerprint density at radius 2 is 1.82 bits per heavy atom. The fourth-order valence-corrected chi connectivity index (χ4v) is 5.90. The third-order valence-electron chi connectivity index (χ3n) is 6.09. The number of carbonyl (C=O) groups is 1. The van der Waals surface area contributed by atoms with E-state index in [9.17, 15) is 10.1 Å². The van der Waals surface area contributed by atoms with Gasteiger partial charge < -0.3 is 10.1 Å². The van der Waals surface area contributed by atoms with Crippen molar-refractivity contribution in [3.8, 4) is 34.2 Å². The van der Waals surface area contributed by atoms with E-state index < -0.39 is 5.25 Å². The van der Waals surface area contributed by atoms with E-state index in [2.05, 4.69) is 16.4 Å². The second-order valence-corrected chi connectivity index (χ2v) is 11.3. The summed E-state index contributed by atoms with van der Waals surface area (Å²) in [6.07, 6.45) is 0. The summed E-state index contributed by atoms with van der Waals surface area (Å²) in [6.45, 7) is 6.36. The molecule has 5 aromatic rings. The number of thiazole rings is 1. The molecule has 0 aliphatic carbocycles. The van der Waals surface area contributed by atoms with Crippen LogP contribution in [0.1, 0.15) is 25.0 Å². The average Bonchev–Trinajstić information content (AvgIpc) is 3.35. The Bertz CT molecular complexity index is 1680. The first-order valence-corrected chi connectivity index (χ1v) is 14.2. The lowest BCUT2D eigenvalue weighted by molar-refractivity contribution is -0.115. The van der Waals surface area contributed by atoms with Crippen LogP contribution in [0.15, 0.2) is 83.9 Å². The number of ether oxygens (including phenoxy) is 1. The number of nitrogens with one attached hydrogen (secondary N) is 1. The Morgan fingerprint density at radius 3 is 2.54 bits per heavy atom. The zero-order valence-electron chi connectivity index (χ0n) is 21.8. The summed E-state index contributed by atoms with van der Waals surface area (Å²) in [6, 6.07) is 27.9. The largest absolute Gasteiger partial charge is 0.494 e. The predicted octanol–water partition coefficient (Wildman–Crippen LogP) is 7.72. The zero-order chi connectivity index (χ0) is 27.4. The van der Waals surface area contributed by atoms with Gasteiger partial charge in [0, 0.05) is 11.1 Å². The minimum atomic E-state index is -0.521. The number of fused-ring (bicyclic) bond motifs is 1. The van der Waals surface area contributed by atoms with Crippen LogP contribution in [-0.2, 0) is 4.79 Å². The van der Waals surface area contributed by atoms with E-state index in [-0.39, 0.29) is 5.91 Å². The van der Waals surface area contributed by atoms with Crippen LogP contribution in [0.4, 0.5) is 5.13 Å². The van der Waals surface area contributed by atoms with Crippen molar-refractivity contribution in [2.45, 2.75) is 31.0 Å². The summed E-state index contributed by atoms with van der Waals surface area (Å²) < 4.78 is 6.51. The van der Waals surface area contributed by atoms with Gasteiger partial charge in [0.1, 0.15) is 16.8 Å². The fourth-order valence-electron chi connectivity index (χ4n) is 4.08. The van der Waals surface area contributed by atoms with E-state index >= 15 is 0 Å². The van der Waals surface area contributed by atoms with Crippen LogP contribution in [0.2, 0.25) is 0 Å². The second-order valence-electron chi connectivity index (χ2n) is 8.91. The van der Waals surface area contributed by atoms with Gasteiger partial charge in [-0.15, -0.1) is 0 Å². The molecule has 8 heteroatoms. The minimum Gasteiger partial charge on any atom is -0.494 e. The van der Waals surface area contributed by atoms with Crippen LogP contribution in [0.25, 0.3) is 32.6 Å². The number of nitrogens with zero attached hydrogens (tertiary/aromatic N) is 3. The number of aryl methyl sites for hydroxylation is 1. The second kappa shape index (κ2) is 11.7. The van der Waals surface area contributed by atoms with Crippen molar-refractivity contribution < 1.29 is 9.53 Å². The van der Waals surface area contributed by atoms with Crippen molar-refractivity contribution in [3.63, 3.8) is 0 Å². The summed E-state index contributed by atoms with van der Waals surface area (Å²) in [4.78, 5) is 22.6. The van der Waals surface area contributed by atoms with Gasteiger partial charge in [-0.25, -0.2) is 9.97 Å². The number of rotatable bonds is 8. The molecule has 0 spiro atoms. The Balaban J connectivity index is 1.45. The van der Waals surface area contributed by atoms with Gasteiger partial charge in [0.25, 0.3) is 0 Å². The standard InChI is InChI=1S/C31H26N4O2S2/c1-4-37-23-14-15-26-28(16-23)39-31(34-26)35-29(36)20(3)38-30-25(18-32)24(21-12-10-19(2)11-13-21)17-27(33-30)22-8-6-5-7-9-22/h5-17,20H,4H2,1-3H3,(H,34,35,36). The summed E-state index contributed by atoms with van der Waals surface area (Å²) >= 11 is 2.67. The summed E-state index contributed by atoms with van der Waals surface area (Å²) in [5.41, 5.74) is 5.79. The molecule has 0 radical (unpaired) electrons. The number of hydrogen-bond acceptors (Lipinski definition) is 7. The minimum absolute atomic E-state index is 0.211. The molecule has 0 saturated heterocycles. The Hall–Kier alpha value is -4.19.